The van der Waals surface area contributed by atoms with Crippen LogP contribution in [0.25, 0.3) is 0 Å². The molecule has 4 nitrogen and oxygen atoms in total. The van der Waals surface area contributed by atoms with Gasteiger partial charge in [0.05, 0.1) is 24.7 Å². The third-order valence-electron chi connectivity index (χ3n) is 3.51. The molecule has 0 aliphatic carbocycles. The van der Waals surface area contributed by atoms with E-state index in [4.69, 9.17) is 9.47 Å². The van der Waals surface area contributed by atoms with E-state index >= 15 is 0 Å². The molecule has 4 heteroatoms. The van der Waals surface area contributed by atoms with Crippen molar-refractivity contribution in [3.8, 4) is 0 Å². The van der Waals surface area contributed by atoms with E-state index in [1.165, 1.54) is 5.56 Å². The minimum atomic E-state index is -0.125. The second-order valence-electron chi connectivity index (χ2n) is 5.89. The molecule has 1 aliphatic rings. The van der Waals surface area contributed by atoms with Crippen molar-refractivity contribution in [2.75, 3.05) is 19.6 Å². The summed E-state index contributed by atoms with van der Waals surface area (Å²) in [5.41, 5.74) is 1.19. The number of hydrogen-bond acceptors (Lipinski definition) is 4. The highest BCUT2D eigenvalue weighted by Gasteiger charge is 2.26. The molecule has 116 valence electrons. The Morgan fingerprint density at radius 3 is 2.71 bits per heavy atom. The fraction of sp³-hybridized carbons (Fsp3) is 0.588. The average molecular weight is 291 g/mol. The Kier molecular flexibility index (Phi) is 5.76. The minimum Gasteiger partial charge on any atom is -0.463 e. The van der Waals surface area contributed by atoms with Crippen molar-refractivity contribution in [3.63, 3.8) is 0 Å². The zero-order chi connectivity index (χ0) is 15.2. The third kappa shape index (κ3) is 5.14. The molecule has 0 bridgehead atoms. The number of carbonyl (C=O) groups is 1. The molecule has 1 fully saturated rings. The second kappa shape index (κ2) is 7.57. The molecule has 2 rings (SSSR count). The Labute approximate surface area is 127 Å². The molecule has 0 amide bonds. The van der Waals surface area contributed by atoms with Crippen LogP contribution in [0.5, 0.6) is 0 Å². The van der Waals surface area contributed by atoms with Gasteiger partial charge in [0.2, 0.25) is 0 Å². The van der Waals surface area contributed by atoms with Crippen LogP contribution in [0.1, 0.15) is 38.9 Å². The van der Waals surface area contributed by atoms with Crippen molar-refractivity contribution in [3.05, 3.63) is 35.9 Å². The zero-order valence-corrected chi connectivity index (χ0v) is 13.1. The van der Waals surface area contributed by atoms with Gasteiger partial charge in [0, 0.05) is 19.6 Å². The van der Waals surface area contributed by atoms with E-state index in [0.29, 0.717) is 6.42 Å². The van der Waals surface area contributed by atoms with Crippen molar-refractivity contribution in [1.82, 2.24) is 4.90 Å². The first kappa shape index (κ1) is 16.0. The standard InChI is InChI=1S/C17H25NO3/c1-13(2)20-17(19)9-10-18-11-14(3)21-16(12-18)15-7-5-4-6-8-15/h4-8,13-14,16H,9-12H2,1-3H3. The summed E-state index contributed by atoms with van der Waals surface area (Å²) in [6.07, 6.45) is 0.645. The number of esters is 1. The number of hydrogen-bond donors (Lipinski definition) is 0. The molecule has 1 aromatic rings. The Hall–Kier alpha value is -1.39. The Morgan fingerprint density at radius 2 is 2.05 bits per heavy atom. The van der Waals surface area contributed by atoms with Gasteiger partial charge in [-0.15, -0.1) is 0 Å². The van der Waals surface area contributed by atoms with Crippen molar-refractivity contribution in [2.45, 2.75) is 45.5 Å². The molecular weight excluding hydrogens is 266 g/mol. The van der Waals surface area contributed by atoms with Crippen LogP contribution in [0, 0.1) is 0 Å². The summed E-state index contributed by atoms with van der Waals surface area (Å²) >= 11 is 0. The van der Waals surface area contributed by atoms with Gasteiger partial charge in [-0.2, -0.15) is 0 Å². The molecule has 2 unspecified atom stereocenters. The summed E-state index contributed by atoms with van der Waals surface area (Å²) in [5, 5.41) is 0. The zero-order valence-electron chi connectivity index (χ0n) is 13.1. The molecule has 0 radical (unpaired) electrons. The highest BCUT2D eigenvalue weighted by molar-refractivity contribution is 5.69. The van der Waals surface area contributed by atoms with Crippen LogP contribution in [0.4, 0.5) is 0 Å². The maximum Gasteiger partial charge on any atom is 0.307 e. The molecule has 0 spiro atoms. The molecule has 1 saturated heterocycles. The van der Waals surface area contributed by atoms with Crippen LogP contribution in [-0.4, -0.2) is 42.7 Å². The SMILES string of the molecule is CC(C)OC(=O)CCN1CC(C)OC(c2ccccc2)C1. The van der Waals surface area contributed by atoms with E-state index in [-0.39, 0.29) is 24.3 Å². The molecule has 2 atom stereocenters. The van der Waals surface area contributed by atoms with Crippen LogP contribution in [0.2, 0.25) is 0 Å². The molecule has 0 N–H and O–H groups in total. The summed E-state index contributed by atoms with van der Waals surface area (Å²) < 4.78 is 11.2. The first-order chi connectivity index (χ1) is 10.0. The lowest BCUT2D eigenvalue weighted by Crippen LogP contribution is -2.43. The quantitative estimate of drug-likeness (QED) is 0.782. The highest BCUT2D eigenvalue weighted by atomic mass is 16.5. The lowest BCUT2D eigenvalue weighted by atomic mass is 10.1. The molecule has 0 saturated carbocycles. The van der Waals surface area contributed by atoms with Gasteiger partial charge in [0.15, 0.2) is 0 Å². The summed E-state index contributed by atoms with van der Waals surface area (Å²) in [6.45, 7) is 8.24. The fourth-order valence-corrected chi connectivity index (χ4v) is 2.64. The predicted octanol–water partition coefficient (Wildman–Crippen LogP) is 2.79. The van der Waals surface area contributed by atoms with Crippen LogP contribution in [-0.2, 0) is 14.3 Å². The van der Waals surface area contributed by atoms with Crippen LogP contribution in [0.3, 0.4) is 0 Å². The topological polar surface area (TPSA) is 38.8 Å². The molecule has 1 aliphatic heterocycles. The van der Waals surface area contributed by atoms with E-state index in [0.717, 1.165) is 19.6 Å². The maximum atomic E-state index is 11.6. The van der Waals surface area contributed by atoms with Gasteiger partial charge in [-0.3, -0.25) is 9.69 Å². The number of benzene rings is 1. The van der Waals surface area contributed by atoms with Gasteiger partial charge < -0.3 is 9.47 Å². The molecule has 0 aromatic heterocycles. The highest BCUT2D eigenvalue weighted by Crippen LogP contribution is 2.25. The van der Waals surface area contributed by atoms with Crippen LogP contribution >= 0.6 is 0 Å². The first-order valence-electron chi connectivity index (χ1n) is 7.67. The lowest BCUT2D eigenvalue weighted by molar-refractivity contribution is -0.148. The minimum absolute atomic E-state index is 0.0434. The van der Waals surface area contributed by atoms with E-state index in [1.807, 2.05) is 32.0 Å². The number of nitrogens with zero attached hydrogens (tertiary/aromatic N) is 1. The molecule has 1 aromatic carbocycles. The average Bonchev–Trinajstić information content (AvgIpc) is 2.45. The molecular formula is C17H25NO3. The summed E-state index contributed by atoms with van der Waals surface area (Å²) in [4.78, 5) is 13.9. The molecule has 1 heterocycles. The Balaban J connectivity index is 1.88. The van der Waals surface area contributed by atoms with Gasteiger partial charge in [0.1, 0.15) is 0 Å². The normalized spacial score (nSPS) is 23.2. The number of carbonyl (C=O) groups excluding carboxylic acids is 1. The van der Waals surface area contributed by atoms with Gasteiger partial charge in [-0.05, 0) is 26.3 Å². The number of ether oxygens (including phenoxy) is 2. The summed E-state index contributed by atoms with van der Waals surface area (Å²) in [7, 11) is 0. The van der Waals surface area contributed by atoms with Crippen molar-refractivity contribution < 1.29 is 14.3 Å². The predicted molar refractivity (Wildman–Crippen MR) is 82.0 cm³/mol. The van der Waals surface area contributed by atoms with Gasteiger partial charge in [0.25, 0.3) is 0 Å². The van der Waals surface area contributed by atoms with Crippen LogP contribution < -0.4 is 0 Å². The van der Waals surface area contributed by atoms with Crippen molar-refractivity contribution in [1.29, 1.82) is 0 Å². The number of morpholine rings is 1. The maximum absolute atomic E-state index is 11.6. The van der Waals surface area contributed by atoms with E-state index in [2.05, 4.69) is 24.0 Å². The monoisotopic (exact) mass is 291 g/mol. The Bertz CT molecular complexity index is 447. The van der Waals surface area contributed by atoms with Gasteiger partial charge in [-0.25, -0.2) is 0 Å². The lowest BCUT2D eigenvalue weighted by Gasteiger charge is -2.37. The van der Waals surface area contributed by atoms with Gasteiger partial charge in [-0.1, -0.05) is 30.3 Å². The van der Waals surface area contributed by atoms with Crippen LogP contribution in [0.15, 0.2) is 30.3 Å². The Morgan fingerprint density at radius 1 is 1.33 bits per heavy atom. The van der Waals surface area contributed by atoms with E-state index in [9.17, 15) is 4.79 Å². The largest absolute Gasteiger partial charge is 0.463 e. The fourth-order valence-electron chi connectivity index (χ4n) is 2.64. The molecule has 21 heavy (non-hydrogen) atoms. The summed E-state index contributed by atoms with van der Waals surface area (Å²) in [6, 6.07) is 10.3. The first-order valence-corrected chi connectivity index (χ1v) is 7.67. The second-order valence-corrected chi connectivity index (χ2v) is 5.89. The van der Waals surface area contributed by atoms with Crippen molar-refractivity contribution >= 4 is 5.97 Å². The number of rotatable bonds is 5. The smallest absolute Gasteiger partial charge is 0.307 e. The third-order valence-corrected chi connectivity index (χ3v) is 3.51. The van der Waals surface area contributed by atoms with Crippen molar-refractivity contribution in [2.24, 2.45) is 0 Å². The summed E-state index contributed by atoms with van der Waals surface area (Å²) in [5.74, 6) is -0.125. The van der Waals surface area contributed by atoms with E-state index in [1.54, 1.807) is 0 Å². The van der Waals surface area contributed by atoms with Gasteiger partial charge >= 0.3 is 5.97 Å². The van der Waals surface area contributed by atoms with E-state index < -0.39 is 0 Å².